The van der Waals surface area contributed by atoms with Crippen LogP contribution in [0.4, 0.5) is 10.1 Å². The number of benzene rings is 1. The van der Waals surface area contributed by atoms with Crippen LogP contribution < -0.4 is 10.5 Å². The maximum atomic E-state index is 13.1. The third-order valence-electron chi connectivity index (χ3n) is 1.81. The van der Waals surface area contributed by atoms with Gasteiger partial charge in [0.15, 0.2) is 0 Å². The second kappa shape index (κ2) is 5.07. The van der Waals surface area contributed by atoms with Crippen LogP contribution in [0.2, 0.25) is 0 Å². The van der Waals surface area contributed by atoms with Crippen LogP contribution in [-0.4, -0.2) is 14.3 Å². The molecule has 5 nitrogen and oxygen atoms in total. The van der Waals surface area contributed by atoms with Gasteiger partial charge in [0.05, 0.1) is 4.90 Å². The maximum Gasteiger partial charge on any atom is 0.238 e. The van der Waals surface area contributed by atoms with E-state index in [0.717, 1.165) is 18.2 Å². The fraction of sp³-hybridized carbons (Fsp3) is 0.100. The first-order chi connectivity index (χ1) is 7.82. The molecule has 0 aliphatic heterocycles. The quantitative estimate of drug-likeness (QED) is 0.789. The number of carbonyl (C=O) groups is 1. The molecule has 0 saturated heterocycles. The van der Waals surface area contributed by atoms with Gasteiger partial charge in [0.1, 0.15) is 5.82 Å². The zero-order valence-corrected chi connectivity index (χ0v) is 9.63. The van der Waals surface area contributed by atoms with E-state index in [4.69, 9.17) is 5.14 Å². The summed E-state index contributed by atoms with van der Waals surface area (Å²) in [6, 6.07) is 2.85. The van der Waals surface area contributed by atoms with Crippen molar-refractivity contribution in [3.8, 4) is 0 Å². The second-order valence-corrected chi connectivity index (χ2v) is 4.82. The molecular weight excluding hydrogens is 247 g/mol. The normalized spacial score (nSPS) is 10.9. The Morgan fingerprint density at radius 3 is 2.65 bits per heavy atom. The fourth-order valence-corrected chi connectivity index (χ4v) is 1.71. The molecule has 0 aromatic heterocycles. The number of nitrogens with one attached hydrogen (secondary N) is 1. The molecule has 92 valence electrons. The Labute approximate surface area is 98.2 Å². The highest BCUT2D eigenvalue weighted by atomic mass is 32.2. The summed E-state index contributed by atoms with van der Waals surface area (Å²) in [5.41, 5.74) is 0.0286. The molecule has 0 radical (unpaired) electrons. The Morgan fingerprint density at radius 1 is 1.47 bits per heavy atom. The number of sulfonamides is 1. The van der Waals surface area contributed by atoms with Crippen LogP contribution in [0.5, 0.6) is 0 Å². The summed E-state index contributed by atoms with van der Waals surface area (Å²) in [5.74, 6) is -1.23. The van der Waals surface area contributed by atoms with Gasteiger partial charge < -0.3 is 5.32 Å². The van der Waals surface area contributed by atoms with Crippen LogP contribution in [0.15, 0.2) is 35.7 Å². The van der Waals surface area contributed by atoms with Gasteiger partial charge in [-0.05, 0) is 18.2 Å². The number of amides is 1. The SMILES string of the molecule is C=CCC(=O)Nc1cc(F)cc(S(N)(=O)=O)c1. The lowest BCUT2D eigenvalue weighted by molar-refractivity contribution is -0.115. The summed E-state index contributed by atoms with van der Waals surface area (Å²) >= 11 is 0. The molecule has 0 saturated carbocycles. The molecular formula is C10H11FN2O3S. The highest BCUT2D eigenvalue weighted by Gasteiger charge is 2.11. The lowest BCUT2D eigenvalue weighted by atomic mass is 10.3. The van der Waals surface area contributed by atoms with Crippen LogP contribution >= 0.6 is 0 Å². The fourth-order valence-electron chi connectivity index (χ4n) is 1.14. The minimum Gasteiger partial charge on any atom is -0.326 e. The first kappa shape index (κ1) is 13.3. The number of anilines is 1. The van der Waals surface area contributed by atoms with Crippen LogP contribution in [0.25, 0.3) is 0 Å². The second-order valence-electron chi connectivity index (χ2n) is 3.26. The number of nitrogens with two attached hydrogens (primary N) is 1. The van der Waals surface area contributed by atoms with Gasteiger partial charge >= 0.3 is 0 Å². The Morgan fingerprint density at radius 2 is 2.12 bits per heavy atom. The predicted molar refractivity (Wildman–Crippen MR) is 61.2 cm³/mol. The van der Waals surface area contributed by atoms with Crippen molar-refractivity contribution < 1.29 is 17.6 Å². The first-order valence-corrected chi connectivity index (χ1v) is 6.11. The van der Waals surface area contributed by atoms with Gasteiger partial charge in [-0.2, -0.15) is 0 Å². The van der Waals surface area contributed by atoms with Crippen LogP contribution in [0.3, 0.4) is 0 Å². The zero-order valence-electron chi connectivity index (χ0n) is 8.81. The van der Waals surface area contributed by atoms with Crippen molar-refractivity contribution in [1.29, 1.82) is 0 Å². The molecule has 0 fully saturated rings. The minimum atomic E-state index is -4.01. The molecule has 1 amide bonds. The number of hydrogen-bond acceptors (Lipinski definition) is 3. The summed E-state index contributed by atoms with van der Waals surface area (Å²) in [4.78, 5) is 10.8. The van der Waals surface area contributed by atoms with Crippen LogP contribution in [0.1, 0.15) is 6.42 Å². The van der Waals surface area contributed by atoms with Crippen molar-refractivity contribution in [2.45, 2.75) is 11.3 Å². The van der Waals surface area contributed by atoms with Crippen molar-refractivity contribution in [2.24, 2.45) is 5.14 Å². The van der Waals surface area contributed by atoms with Crippen molar-refractivity contribution >= 4 is 21.6 Å². The maximum absolute atomic E-state index is 13.1. The topological polar surface area (TPSA) is 89.3 Å². The van der Waals surface area contributed by atoms with Gasteiger partial charge in [-0.15, -0.1) is 6.58 Å². The molecule has 0 atom stereocenters. The smallest absolute Gasteiger partial charge is 0.238 e. The largest absolute Gasteiger partial charge is 0.326 e. The Hall–Kier alpha value is -1.73. The van der Waals surface area contributed by atoms with E-state index >= 15 is 0 Å². The van der Waals surface area contributed by atoms with E-state index in [9.17, 15) is 17.6 Å². The summed E-state index contributed by atoms with van der Waals surface area (Å²) < 4.78 is 35.2. The summed E-state index contributed by atoms with van der Waals surface area (Å²) in [6.07, 6.45) is 1.41. The number of hydrogen-bond donors (Lipinski definition) is 2. The first-order valence-electron chi connectivity index (χ1n) is 4.57. The van der Waals surface area contributed by atoms with Crippen molar-refractivity contribution in [3.05, 3.63) is 36.7 Å². The van der Waals surface area contributed by atoms with Gasteiger partial charge in [-0.3, -0.25) is 4.79 Å². The molecule has 7 heteroatoms. The van der Waals surface area contributed by atoms with Crippen molar-refractivity contribution in [3.63, 3.8) is 0 Å². The molecule has 0 spiro atoms. The summed E-state index contributed by atoms with van der Waals surface area (Å²) in [7, 11) is -4.01. The van der Waals surface area contributed by atoms with E-state index in [1.54, 1.807) is 0 Å². The molecule has 17 heavy (non-hydrogen) atoms. The van der Waals surface area contributed by atoms with E-state index in [2.05, 4.69) is 11.9 Å². The third kappa shape index (κ3) is 3.97. The standard InChI is InChI=1S/C10H11FN2O3S/c1-2-3-10(14)13-8-4-7(11)5-9(6-8)17(12,15)16/h2,4-6H,1,3H2,(H,13,14)(H2,12,15,16). The molecule has 1 aromatic carbocycles. The van der Waals surface area contributed by atoms with Crippen molar-refractivity contribution in [2.75, 3.05) is 5.32 Å². The van der Waals surface area contributed by atoms with Gasteiger partial charge in [-0.1, -0.05) is 6.08 Å². The molecule has 1 aromatic rings. The molecule has 0 bridgehead atoms. The van der Waals surface area contributed by atoms with E-state index in [0.29, 0.717) is 0 Å². The highest BCUT2D eigenvalue weighted by molar-refractivity contribution is 7.89. The Balaban J connectivity index is 3.06. The number of primary sulfonamides is 1. The molecule has 0 aliphatic rings. The van der Waals surface area contributed by atoms with Gasteiger partial charge in [0.2, 0.25) is 15.9 Å². The van der Waals surface area contributed by atoms with E-state index in [-0.39, 0.29) is 12.1 Å². The molecule has 0 aliphatic carbocycles. The molecule has 0 heterocycles. The molecule has 1 rings (SSSR count). The molecule has 3 N–H and O–H groups in total. The van der Waals surface area contributed by atoms with Crippen molar-refractivity contribution in [1.82, 2.24) is 0 Å². The Bertz CT molecular complexity index is 555. The van der Waals surface area contributed by atoms with Crippen LogP contribution in [-0.2, 0) is 14.8 Å². The van der Waals surface area contributed by atoms with Gasteiger partial charge in [0, 0.05) is 12.1 Å². The number of rotatable bonds is 4. The van der Waals surface area contributed by atoms with E-state index in [1.165, 1.54) is 6.08 Å². The lowest BCUT2D eigenvalue weighted by Gasteiger charge is -2.06. The minimum absolute atomic E-state index is 0.0286. The van der Waals surface area contributed by atoms with E-state index < -0.39 is 26.6 Å². The average molecular weight is 258 g/mol. The number of halogens is 1. The Kier molecular flexibility index (Phi) is 3.97. The van der Waals surface area contributed by atoms with Crippen LogP contribution in [0, 0.1) is 5.82 Å². The number of carbonyl (C=O) groups excluding carboxylic acids is 1. The predicted octanol–water partition coefficient (Wildman–Crippen LogP) is 0.988. The zero-order chi connectivity index (χ0) is 13.1. The monoisotopic (exact) mass is 258 g/mol. The van der Waals surface area contributed by atoms with Gasteiger partial charge in [-0.25, -0.2) is 17.9 Å². The average Bonchev–Trinajstić information content (AvgIpc) is 2.15. The summed E-state index contributed by atoms with van der Waals surface area (Å²) in [5, 5.41) is 7.19. The lowest BCUT2D eigenvalue weighted by Crippen LogP contribution is -2.14. The van der Waals surface area contributed by atoms with Gasteiger partial charge in [0.25, 0.3) is 0 Å². The highest BCUT2D eigenvalue weighted by Crippen LogP contribution is 2.17. The third-order valence-corrected chi connectivity index (χ3v) is 2.71. The van der Waals surface area contributed by atoms with E-state index in [1.807, 2.05) is 0 Å². The molecule has 0 unspecified atom stereocenters. The summed E-state index contributed by atoms with van der Waals surface area (Å²) in [6.45, 7) is 3.37.